The first-order valence-electron chi connectivity index (χ1n) is 9.70. The van der Waals surface area contributed by atoms with Crippen LogP contribution in [0.3, 0.4) is 0 Å². The lowest BCUT2D eigenvalue weighted by atomic mass is 10.1. The van der Waals surface area contributed by atoms with Gasteiger partial charge in [0.1, 0.15) is 0 Å². The number of carbonyl (C=O) groups is 1. The van der Waals surface area contributed by atoms with Crippen molar-refractivity contribution in [3.63, 3.8) is 0 Å². The third kappa shape index (κ3) is 4.32. The molecular formula is C25H24N2O. The Balaban J connectivity index is 1.48. The van der Waals surface area contributed by atoms with Gasteiger partial charge in [-0.05, 0) is 29.2 Å². The summed E-state index contributed by atoms with van der Waals surface area (Å²) in [6, 6.07) is 28.6. The van der Waals surface area contributed by atoms with Crippen molar-refractivity contribution in [2.24, 2.45) is 0 Å². The Bertz CT molecular complexity index is 996. The number of hydrogen-bond donors (Lipinski definition) is 1. The number of fused-ring (bicyclic) bond motifs is 1. The lowest BCUT2D eigenvalue weighted by molar-refractivity contribution is -0.132. The van der Waals surface area contributed by atoms with Crippen molar-refractivity contribution in [2.75, 3.05) is 0 Å². The van der Waals surface area contributed by atoms with E-state index in [4.69, 9.17) is 0 Å². The average molecular weight is 368 g/mol. The zero-order chi connectivity index (χ0) is 19.2. The Labute approximate surface area is 165 Å². The quantitative estimate of drug-likeness (QED) is 0.470. The molecule has 1 aromatic heterocycles. The van der Waals surface area contributed by atoms with Crippen molar-refractivity contribution in [3.05, 3.63) is 108 Å². The highest BCUT2D eigenvalue weighted by Gasteiger charge is 2.15. The minimum absolute atomic E-state index is 0.179. The molecule has 0 atom stereocenters. The Morgan fingerprint density at radius 3 is 1.96 bits per heavy atom. The molecule has 3 heteroatoms. The summed E-state index contributed by atoms with van der Waals surface area (Å²) in [5.41, 5.74) is 4.62. The molecule has 4 aromatic rings. The topological polar surface area (TPSA) is 36.1 Å². The van der Waals surface area contributed by atoms with Crippen molar-refractivity contribution in [2.45, 2.75) is 25.9 Å². The van der Waals surface area contributed by atoms with Gasteiger partial charge in [0.25, 0.3) is 0 Å². The van der Waals surface area contributed by atoms with Crippen LogP contribution in [0.2, 0.25) is 0 Å². The minimum atomic E-state index is 0.179. The molecule has 0 aliphatic heterocycles. The van der Waals surface area contributed by atoms with Crippen LogP contribution in [-0.2, 0) is 24.3 Å². The monoisotopic (exact) mass is 368 g/mol. The van der Waals surface area contributed by atoms with E-state index in [9.17, 15) is 4.79 Å². The standard InChI is InChI=1S/C25H24N2O/c28-25(16-15-22-17-26-24-14-8-7-13-23(22)24)27(18-20-9-3-1-4-10-20)19-21-11-5-2-6-12-21/h1-14,17,26H,15-16,18-19H2. The summed E-state index contributed by atoms with van der Waals surface area (Å²) in [6.07, 6.45) is 3.26. The first kappa shape index (κ1) is 18.1. The Kier molecular flexibility index (Phi) is 5.53. The van der Waals surface area contributed by atoms with Gasteiger partial charge in [0.2, 0.25) is 5.91 Å². The largest absolute Gasteiger partial charge is 0.361 e. The molecule has 0 spiro atoms. The molecule has 3 nitrogen and oxygen atoms in total. The van der Waals surface area contributed by atoms with Gasteiger partial charge in [-0.1, -0.05) is 78.9 Å². The van der Waals surface area contributed by atoms with E-state index in [1.807, 2.05) is 59.6 Å². The van der Waals surface area contributed by atoms with E-state index in [2.05, 4.69) is 41.4 Å². The molecule has 140 valence electrons. The number of amides is 1. The number of para-hydroxylation sites is 1. The molecule has 3 aromatic carbocycles. The Morgan fingerprint density at radius 1 is 0.750 bits per heavy atom. The molecule has 4 rings (SSSR count). The zero-order valence-electron chi connectivity index (χ0n) is 15.8. The number of nitrogens with one attached hydrogen (secondary N) is 1. The lowest BCUT2D eigenvalue weighted by Crippen LogP contribution is -2.30. The molecule has 1 amide bonds. The van der Waals surface area contributed by atoms with E-state index in [0.29, 0.717) is 19.5 Å². The Hall–Kier alpha value is -3.33. The van der Waals surface area contributed by atoms with E-state index in [1.54, 1.807) is 0 Å². The van der Waals surface area contributed by atoms with Crippen LogP contribution in [0.1, 0.15) is 23.1 Å². The molecule has 28 heavy (non-hydrogen) atoms. The van der Waals surface area contributed by atoms with E-state index in [-0.39, 0.29) is 5.91 Å². The first-order chi connectivity index (χ1) is 13.8. The lowest BCUT2D eigenvalue weighted by Gasteiger charge is -2.23. The predicted octanol–water partition coefficient (Wildman–Crippen LogP) is 5.33. The maximum Gasteiger partial charge on any atom is 0.223 e. The van der Waals surface area contributed by atoms with Crippen LogP contribution in [0, 0.1) is 0 Å². The molecule has 0 bridgehead atoms. The number of carbonyl (C=O) groups excluding carboxylic acids is 1. The van der Waals surface area contributed by atoms with Crippen LogP contribution in [0.25, 0.3) is 10.9 Å². The molecule has 0 aliphatic rings. The third-order valence-electron chi connectivity index (χ3n) is 5.07. The number of nitrogens with zero attached hydrogens (tertiary/aromatic N) is 1. The van der Waals surface area contributed by atoms with Crippen molar-refractivity contribution in [3.8, 4) is 0 Å². The van der Waals surface area contributed by atoms with Crippen LogP contribution < -0.4 is 0 Å². The second-order valence-corrected chi connectivity index (χ2v) is 7.08. The summed E-state index contributed by atoms with van der Waals surface area (Å²) in [6.45, 7) is 1.25. The number of benzene rings is 3. The summed E-state index contributed by atoms with van der Waals surface area (Å²) in [7, 11) is 0. The summed E-state index contributed by atoms with van der Waals surface area (Å²) in [5.74, 6) is 0.179. The molecule has 0 fully saturated rings. The zero-order valence-corrected chi connectivity index (χ0v) is 15.8. The number of aromatic nitrogens is 1. The summed E-state index contributed by atoms with van der Waals surface area (Å²) in [4.78, 5) is 18.4. The van der Waals surface area contributed by atoms with Gasteiger partial charge < -0.3 is 9.88 Å². The van der Waals surface area contributed by atoms with Crippen LogP contribution in [0.15, 0.2) is 91.1 Å². The molecule has 1 N–H and O–H groups in total. The van der Waals surface area contributed by atoms with E-state index < -0.39 is 0 Å². The first-order valence-corrected chi connectivity index (χ1v) is 9.70. The fourth-order valence-electron chi connectivity index (χ4n) is 3.58. The smallest absolute Gasteiger partial charge is 0.223 e. The van der Waals surface area contributed by atoms with Gasteiger partial charge in [-0.2, -0.15) is 0 Å². The summed E-state index contributed by atoms with van der Waals surface area (Å²) >= 11 is 0. The van der Waals surface area contributed by atoms with E-state index in [1.165, 1.54) is 10.9 Å². The number of aromatic amines is 1. The normalized spacial score (nSPS) is 10.9. The van der Waals surface area contributed by atoms with Gasteiger partial charge in [-0.3, -0.25) is 4.79 Å². The van der Waals surface area contributed by atoms with Crippen LogP contribution in [0.4, 0.5) is 0 Å². The van der Waals surface area contributed by atoms with Gasteiger partial charge >= 0.3 is 0 Å². The second kappa shape index (κ2) is 8.57. The van der Waals surface area contributed by atoms with E-state index in [0.717, 1.165) is 23.1 Å². The van der Waals surface area contributed by atoms with Crippen LogP contribution >= 0.6 is 0 Å². The van der Waals surface area contributed by atoms with Gasteiger partial charge in [0.05, 0.1) is 0 Å². The summed E-state index contributed by atoms with van der Waals surface area (Å²) in [5, 5.41) is 1.20. The van der Waals surface area contributed by atoms with Crippen molar-refractivity contribution < 1.29 is 4.79 Å². The average Bonchev–Trinajstić information content (AvgIpc) is 3.16. The number of hydrogen-bond acceptors (Lipinski definition) is 1. The van der Waals surface area contributed by atoms with Gasteiger partial charge in [-0.25, -0.2) is 0 Å². The molecule has 0 saturated carbocycles. The number of H-pyrrole nitrogens is 1. The fraction of sp³-hybridized carbons (Fsp3) is 0.160. The second-order valence-electron chi connectivity index (χ2n) is 7.08. The highest BCUT2D eigenvalue weighted by atomic mass is 16.2. The van der Waals surface area contributed by atoms with Gasteiger partial charge in [-0.15, -0.1) is 0 Å². The molecular weight excluding hydrogens is 344 g/mol. The third-order valence-corrected chi connectivity index (χ3v) is 5.07. The minimum Gasteiger partial charge on any atom is -0.361 e. The van der Waals surface area contributed by atoms with Gasteiger partial charge in [0, 0.05) is 36.6 Å². The molecule has 0 unspecified atom stereocenters. The highest BCUT2D eigenvalue weighted by molar-refractivity contribution is 5.84. The molecule has 1 heterocycles. The maximum atomic E-state index is 13.1. The van der Waals surface area contributed by atoms with Crippen molar-refractivity contribution >= 4 is 16.8 Å². The number of aryl methyl sites for hydroxylation is 1. The summed E-state index contributed by atoms with van der Waals surface area (Å²) < 4.78 is 0. The molecule has 0 aliphatic carbocycles. The predicted molar refractivity (Wildman–Crippen MR) is 114 cm³/mol. The Morgan fingerprint density at radius 2 is 1.32 bits per heavy atom. The molecule has 0 saturated heterocycles. The van der Waals surface area contributed by atoms with Gasteiger partial charge in [0.15, 0.2) is 0 Å². The van der Waals surface area contributed by atoms with E-state index >= 15 is 0 Å². The highest BCUT2D eigenvalue weighted by Crippen LogP contribution is 2.20. The number of rotatable bonds is 7. The maximum absolute atomic E-state index is 13.1. The SMILES string of the molecule is O=C(CCc1c[nH]c2ccccc12)N(Cc1ccccc1)Cc1ccccc1. The van der Waals surface area contributed by atoms with Crippen LogP contribution in [0.5, 0.6) is 0 Å². The molecule has 0 radical (unpaired) electrons. The van der Waals surface area contributed by atoms with Crippen molar-refractivity contribution in [1.29, 1.82) is 0 Å². The van der Waals surface area contributed by atoms with Crippen LogP contribution in [-0.4, -0.2) is 15.8 Å². The fourth-order valence-corrected chi connectivity index (χ4v) is 3.58. The van der Waals surface area contributed by atoms with Crippen molar-refractivity contribution in [1.82, 2.24) is 9.88 Å².